The van der Waals surface area contributed by atoms with Crippen molar-refractivity contribution in [1.82, 2.24) is 14.5 Å². The van der Waals surface area contributed by atoms with Crippen LogP contribution in [0.25, 0.3) is 17.3 Å². The van der Waals surface area contributed by atoms with E-state index in [1.54, 1.807) is 74.5 Å². The first-order valence-electron chi connectivity index (χ1n) is 14.7. The van der Waals surface area contributed by atoms with Crippen LogP contribution in [0.3, 0.4) is 0 Å². The van der Waals surface area contributed by atoms with Crippen molar-refractivity contribution in [2.24, 2.45) is 4.99 Å². The summed E-state index contributed by atoms with van der Waals surface area (Å²) >= 11 is 1.90. The lowest BCUT2D eigenvalue weighted by Gasteiger charge is -2.26. The van der Waals surface area contributed by atoms with Gasteiger partial charge >= 0.3 is 12.1 Å². The van der Waals surface area contributed by atoms with Crippen molar-refractivity contribution in [3.8, 4) is 22.8 Å². The lowest BCUT2D eigenvalue weighted by atomic mass is 9.95. The van der Waals surface area contributed by atoms with Gasteiger partial charge in [-0.25, -0.2) is 19.8 Å². The van der Waals surface area contributed by atoms with Crippen molar-refractivity contribution in [2.45, 2.75) is 36.3 Å². The van der Waals surface area contributed by atoms with E-state index < -0.39 is 29.4 Å². The number of halogens is 3. The second-order valence-electron chi connectivity index (χ2n) is 10.5. The number of carbonyl (C=O) groups excluding carboxylic acids is 1. The highest BCUT2D eigenvalue weighted by molar-refractivity contribution is 7.99. The van der Waals surface area contributed by atoms with Crippen LogP contribution in [-0.2, 0) is 15.7 Å². The maximum Gasteiger partial charge on any atom is 0.433 e. The summed E-state index contributed by atoms with van der Waals surface area (Å²) in [7, 11) is 2.99. The van der Waals surface area contributed by atoms with E-state index in [-0.39, 0.29) is 38.4 Å². The summed E-state index contributed by atoms with van der Waals surface area (Å²) in [5.41, 5.74) is 0.135. The minimum absolute atomic E-state index is 0.110. The maximum absolute atomic E-state index is 14.0. The zero-order chi connectivity index (χ0) is 34.9. The zero-order valence-corrected chi connectivity index (χ0v) is 28.0. The smallest absolute Gasteiger partial charge is 0.433 e. The third kappa shape index (κ3) is 6.89. The van der Waals surface area contributed by atoms with Crippen molar-refractivity contribution in [3.63, 3.8) is 0 Å². The van der Waals surface area contributed by atoms with Gasteiger partial charge < -0.3 is 18.6 Å². The summed E-state index contributed by atoms with van der Waals surface area (Å²) in [4.78, 5) is 40.2. The Morgan fingerprint density at radius 3 is 2.53 bits per heavy atom. The van der Waals surface area contributed by atoms with Gasteiger partial charge in [-0.3, -0.25) is 9.36 Å². The third-order valence-corrected chi connectivity index (χ3v) is 9.15. The average Bonchev–Trinajstić information content (AvgIpc) is 3.66. The molecule has 0 N–H and O–H groups in total. The van der Waals surface area contributed by atoms with E-state index in [9.17, 15) is 22.8 Å². The number of esters is 1. The van der Waals surface area contributed by atoms with E-state index in [0.717, 1.165) is 29.2 Å². The van der Waals surface area contributed by atoms with Gasteiger partial charge in [-0.2, -0.15) is 13.2 Å². The van der Waals surface area contributed by atoms with Crippen molar-refractivity contribution >= 4 is 35.1 Å². The highest BCUT2D eigenvalue weighted by Crippen LogP contribution is 2.38. The molecule has 0 unspecified atom stereocenters. The van der Waals surface area contributed by atoms with Crippen molar-refractivity contribution in [2.75, 3.05) is 20.8 Å². The first-order chi connectivity index (χ1) is 23.5. The molecule has 6 rings (SSSR count). The normalized spacial score (nSPS) is 14.8. The van der Waals surface area contributed by atoms with Gasteiger partial charge in [-0.1, -0.05) is 41.7 Å². The minimum atomic E-state index is -4.69. The highest BCUT2D eigenvalue weighted by Gasteiger charge is 2.36. The number of allylic oxidation sites excluding steroid dienone is 1. The summed E-state index contributed by atoms with van der Waals surface area (Å²) in [5, 5.41) is 0.0445. The Morgan fingerprint density at radius 2 is 1.84 bits per heavy atom. The predicted molar refractivity (Wildman–Crippen MR) is 175 cm³/mol. The quantitative estimate of drug-likeness (QED) is 0.134. The van der Waals surface area contributed by atoms with Crippen LogP contribution >= 0.6 is 23.1 Å². The summed E-state index contributed by atoms with van der Waals surface area (Å²) in [6, 6.07) is 16.6. The molecule has 0 radical (unpaired) electrons. The SMILES string of the molecule is CCOC(=O)C1=C(C)N=c2s/c(=C/c3ccc(Sc4nc(-c5ccccc5)cc(C(F)(F)F)n4)o3)c(=O)n2[C@H]1c1ccc(OC)cc1OC. The molecule has 0 bridgehead atoms. The van der Waals surface area contributed by atoms with Crippen LogP contribution in [0, 0.1) is 0 Å². The number of hydrogen-bond acceptors (Lipinski definition) is 11. The van der Waals surface area contributed by atoms with E-state index in [4.69, 9.17) is 18.6 Å². The van der Waals surface area contributed by atoms with Crippen molar-refractivity contribution < 1.29 is 36.6 Å². The standard InChI is InChI=1S/C34H27F3N4O6S2/c1-5-46-31(43)28-18(2)38-33-41(29(28)22-13-11-20(44-3)15-24(22)45-4)30(42)25(48-33)16-21-12-14-27(47-21)49-32-39-23(19-9-7-6-8-10-19)17-26(40-32)34(35,36)37/h6-17,29H,5H2,1-4H3/b25-16+/t29-/m0/s1. The van der Waals surface area contributed by atoms with Gasteiger partial charge in [0.2, 0.25) is 0 Å². The molecular formula is C34H27F3N4O6S2. The first-order valence-corrected chi connectivity index (χ1v) is 16.3. The van der Waals surface area contributed by atoms with Gasteiger partial charge in [-0.15, -0.1) is 0 Å². The fourth-order valence-corrected chi connectivity index (χ4v) is 6.96. The van der Waals surface area contributed by atoms with Crippen LogP contribution in [0.15, 0.2) is 102 Å². The fourth-order valence-electron chi connectivity index (χ4n) is 5.19. The number of thiazole rings is 1. The molecule has 2 aromatic carbocycles. The first kappa shape index (κ1) is 33.7. The number of fused-ring (bicyclic) bond motifs is 1. The minimum Gasteiger partial charge on any atom is -0.497 e. The summed E-state index contributed by atoms with van der Waals surface area (Å²) in [6.07, 6.45) is -3.19. The Kier molecular flexibility index (Phi) is 9.48. The molecule has 0 amide bonds. The number of hydrogen-bond donors (Lipinski definition) is 0. The number of benzene rings is 2. The van der Waals surface area contributed by atoms with Crippen LogP contribution in [0.5, 0.6) is 11.5 Å². The predicted octanol–water partition coefficient (Wildman–Crippen LogP) is 6.04. The topological polar surface area (TPSA) is 118 Å². The van der Waals surface area contributed by atoms with Gasteiger partial charge in [0.05, 0.1) is 42.3 Å². The highest BCUT2D eigenvalue weighted by atomic mass is 32.2. The molecule has 1 atom stereocenters. The van der Waals surface area contributed by atoms with Gasteiger partial charge in [0.15, 0.2) is 15.1 Å². The molecule has 0 saturated heterocycles. The molecule has 3 aromatic heterocycles. The number of aromatic nitrogens is 3. The second-order valence-corrected chi connectivity index (χ2v) is 12.4. The molecule has 1 aliphatic heterocycles. The van der Waals surface area contributed by atoms with Crippen LogP contribution in [0.2, 0.25) is 0 Å². The van der Waals surface area contributed by atoms with Crippen LogP contribution in [-0.4, -0.2) is 41.3 Å². The molecule has 0 aliphatic carbocycles. The summed E-state index contributed by atoms with van der Waals surface area (Å²) in [6.45, 7) is 3.47. The number of carbonyl (C=O) groups is 1. The van der Waals surface area contributed by atoms with Gasteiger partial charge in [0, 0.05) is 23.3 Å². The number of ether oxygens (including phenoxy) is 3. The molecule has 5 aromatic rings. The second kappa shape index (κ2) is 13.8. The average molecular weight is 709 g/mol. The Bertz CT molecular complexity index is 2260. The number of nitrogens with zero attached hydrogens (tertiary/aromatic N) is 4. The molecule has 10 nitrogen and oxygen atoms in total. The summed E-state index contributed by atoms with van der Waals surface area (Å²) in [5.74, 6) is 0.531. The largest absolute Gasteiger partial charge is 0.497 e. The van der Waals surface area contributed by atoms with Crippen LogP contribution < -0.4 is 24.4 Å². The van der Waals surface area contributed by atoms with E-state index in [2.05, 4.69) is 15.0 Å². The molecule has 0 spiro atoms. The lowest BCUT2D eigenvalue weighted by molar-refractivity contribution is -0.141. The molecule has 15 heteroatoms. The Labute approximate surface area is 285 Å². The van der Waals surface area contributed by atoms with Crippen molar-refractivity contribution in [3.05, 3.63) is 115 Å². The number of alkyl halides is 3. The van der Waals surface area contributed by atoms with Gasteiger partial charge in [-0.05, 0) is 55.9 Å². The summed E-state index contributed by atoms with van der Waals surface area (Å²) < 4.78 is 65.0. The number of rotatable bonds is 9. The zero-order valence-electron chi connectivity index (χ0n) is 26.4. The van der Waals surface area contributed by atoms with E-state index in [1.807, 2.05) is 0 Å². The number of methoxy groups -OCH3 is 2. The van der Waals surface area contributed by atoms with Crippen LogP contribution in [0.4, 0.5) is 13.2 Å². The molecular weight excluding hydrogens is 682 g/mol. The lowest BCUT2D eigenvalue weighted by Crippen LogP contribution is -2.40. The molecule has 0 saturated carbocycles. The molecule has 1 aliphatic rings. The van der Waals surface area contributed by atoms with E-state index in [1.165, 1.54) is 24.9 Å². The van der Waals surface area contributed by atoms with Crippen molar-refractivity contribution in [1.29, 1.82) is 0 Å². The Hall–Kier alpha value is -5.15. The molecule has 4 heterocycles. The molecule has 252 valence electrons. The molecule has 0 fully saturated rings. The fraction of sp³-hybridized carbons (Fsp3) is 0.206. The van der Waals surface area contributed by atoms with Crippen LogP contribution in [0.1, 0.15) is 36.9 Å². The Balaban J connectivity index is 1.40. The monoisotopic (exact) mass is 708 g/mol. The van der Waals surface area contributed by atoms with E-state index in [0.29, 0.717) is 33.1 Å². The maximum atomic E-state index is 14.0. The molecule has 49 heavy (non-hydrogen) atoms. The Morgan fingerprint density at radius 1 is 1.06 bits per heavy atom. The number of furan rings is 1. The van der Waals surface area contributed by atoms with Gasteiger partial charge in [0.25, 0.3) is 5.56 Å². The van der Waals surface area contributed by atoms with Gasteiger partial charge in [0.1, 0.15) is 29.0 Å². The third-order valence-electron chi connectivity index (χ3n) is 7.39. The van der Waals surface area contributed by atoms with E-state index >= 15 is 0 Å².